The Labute approximate surface area is 203 Å². The summed E-state index contributed by atoms with van der Waals surface area (Å²) in [5, 5.41) is 0. The van der Waals surface area contributed by atoms with E-state index in [-0.39, 0.29) is 5.97 Å². The second-order valence-corrected chi connectivity index (χ2v) is 9.22. The predicted octanol–water partition coefficient (Wildman–Crippen LogP) is 6.31. The van der Waals surface area contributed by atoms with Crippen molar-refractivity contribution in [2.75, 3.05) is 6.61 Å². The molecule has 188 valence electrons. The van der Waals surface area contributed by atoms with Gasteiger partial charge in [0.25, 0.3) is 5.79 Å². The zero-order chi connectivity index (χ0) is 24.8. The lowest BCUT2D eigenvalue weighted by atomic mass is 10.1. The number of cyclic esters (lactones) is 2. The van der Waals surface area contributed by atoms with E-state index < -0.39 is 23.6 Å². The van der Waals surface area contributed by atoms with E-state index in [1.165, 1.54) is 77.8 Å². The molecule has 1 fully saturated rings. The first-order chi connectivity index (χ1) is 16.3. The maximum absolute atomic E-state index is 12.2. The van der Waals surface area contributed by atoms with E-state index in [1.807, 2.05) is 0 Å². The van der Waals surface area contributed by atoms with Crippen molar-refractivity contribution in [1.82, 2.24) is 0 Å². The third-order valence-corrected chi connectivity index (χ3v) is 5.66. The van der Waals surface area contributed by atoms with Crippen molar-refractivity contribution in [2.24, 2.45) is 10.9 Å². The summed E-state index contributed by atoms with van der Waals surface area (Å²) in [7, 11) is 0. The van der Waals surface area contributed by atoms with Crippen LogP contribution in [0, 0.1) is 5.92 Å². The number of ether oxygens (including phenoxy) is 3. The molecule has 0 spiro atoms. The molecule has 2 rings (SSSR count). The van der Waals surface area contributed by atoms with E-state index in [0.717, 1.165) is 12.8 Å². The summed E-state index contributed by atoms with van der Waals surface area (Å²) < 4.78 is 15.5. The lowest BCUT2D eigenvalue weighted by Crippen LogP contribution is -2.46. The number of carbonyl (C=O) groups excluding carboxylic acids is 3. The zero-order valence-corrected chi connectivity index (χ0v) is 20.8. The molecule has 0 aromatic heterocycles. The van der Waals surface area contributed by atoms with Crippen molar-refractivity contribution in [1.29, 1.82) is 0 Å². The van der Waals surface area contributed by atoms with Crippen molar-refractivity contribution in [2.45, 2.75) is 97.2 Å². The average Bonchev–Trinajstić information content (AvgIpc) is 2.78. The van der Waals surface area contributed by atoms with Gasteiger partial charge in [-0.25, -0.2) is 4.79 Å². The smallest absolute Gasteiger partial charge is 0.338 e. The summed E-state index contributed by atoms with van der Waals surface area (Å²) in [5.41, 5.74) is 0.924. The number of unbranched alkanes of at least 4 members (excludes halogenated alkanes) is 10. The molecule has 0 amide bonds. The highest BCUT2D eigenvalue weighted by Crippen LogP contribution is 2.23. The second kappa shape index (κ2) is 14.5. The van der Waals surface area contributed by atoms with Crippen LogP contribution in [0.5, 0.6) is 0 Å². The highest BCUT2D eigenvalue weighted by molar-refractivity contribution is 6.10. The summed E-state index contributed by atoms with van der Waals surface area (Å²) in [6.07, 6.45) is 14.9. The molecule has 0 radical (unpaired) electrons. The Balaban J connectivity index is 1.62. The first-order valence-electron chi connectivity index (χ1n) is 12.6. The van der Waals surface area contributed by atoms with Gasteiger partial charge < -0.3 is 14.2 Å². The SMILES string of the molecule is CCCCCCCCCCCCCOC(=O)c1ccc(N=CC2C(=O)OC(C)(C)OC2=O)cc1. The molecular weight excluding hydrogens is 434 g/mol. The first kappa shape index (κ1) is 27.5. The molecule has 1 heterocycles. The minimum Gasteiger partial charge on any atom is -0.462 e. The van der Waals surface area contributed by atoms with Gasteiger partial charge in [-0.1, -0.05) is 71.1 Å². The number of hydrogen-bond acceptors (Lipinski definition) is 7. The molecule has 1 saturated heterocycles. The number of benzene rings is 1. The van der Waals surface area contributed by atoms with E-state index in [0.29, 0.717) is 17.9 Å². The van der Waals surface area contributed by atoms with Gasteiger partial charge >= 0.3 is 17.9 Å². The summed E-state index contributed by atoms with van der Waals surface area (Å²) >= 11 is 0. The molecule has 7 nitrogen and oxygen atoms in total. The maximum Gasteiger partial charge on any atom is 0.338 e. The van der Waals surface area contributed by atoms with Gasteiger partial charge in [-0.3, -0.25) is 14.6 Å². The Hall–Kier alpha value is -2.70. The van der Waals surface area contributed by atoms with Crippen molar-refractivity contribution in [3.8, 4) is 0 Å². The van der Waals surface area contributed by atoms with Crippen molar-refractivity contribution in [3.63, 3.8) is 0 Å². The van der Waals surface area contributed by atoms with Gasteiger partial charge in [0.1, 0.15) is 0 Å². The standard InChI is InChI=1S/C27H39NO6/c1-4-5-6-7-8-9-10-11-12-13-14-19-32-24(29)21-15-17-22(18-16-21)28-20-23-25(30)33-27(2,3)34-26(23)31/h15-18,20,23H,4-14,19H2,1-3H3. The highest BCUT2D eigenvalue weighted by atomic mass is 16.7. The molecule has 1 aromatic carbocycles. The van der Waals surface area contributed by atoms with E-state index >= 15 is 0 Å². The Morgan fingerprint density at radius 3 is 1.91 bits per heavy atom. The summed E-state index contributed by atoms with van der Waals surface area (Å²) in [4.78, 5) is 40.3. The van der Waals surface area contributed by atoms with Gasteiger partial charge in [-0.15, -0.1) is 0 Å². The van der Waals surface area contributed by atoms with Gasteiger partial charge in [-0.2, -0.15) is 0 Å². The minimum absolute atomic E-state index is 0.371. The Morgan fingerprint density at radius 2 is 1.38 bits per heavy atom. The van der Waals surface area contributed by atoms with Crippen LogP contribution in [0.2, 0.25) is 0 Å². The van der Waals surface area contributed by atoms with E-state index in [2.05, 4.69) is 11.9 Å². The third kappa shape index (κ3) is 10.1. The summed E-state index contributed by atoms with van der Waals surface area (Å²) in [6, 6.07) is 6.46. The number of rotatable bonds is 15. The fourth-order valence-corrected chi connectivity index (χ4v) is 3.71. The Kier molecular flexibility index (Phi) is 11.8. The van der Waals surface area contributed by atoms with Crippen LogP contribution in [0.3, 0.4) is 0 Å². The second-order valence-electron chi connectivity index (χ2n) is 9.22. The first-order valence-corrected chi connectivity index (χ1v) is 12.6. The van der Waals surface area contributed by atoms with Crippen LogP contribution >= 0.6 is 0 Å². The molecule has 34 heavy (non-hydrogen) atoms. The average molecular weight is 474 g/mol. The molecule has 7 heteroatoms. The quantitative estimate of drug-likeness (QED) is 0.128. The van der Waals surface area contributed by atoms with Crippen LogP contribution in [-0.2, 0) is 23.8 Å². The van der Waals surface area contributed by atoms with Crippen LogP contribution in [0.25, 0.3) is 0 Å². The fourth-order valence-electron chi connectivity index (χ4n) is 3.71. The largest absolute Gasteiger partial charge is 0.462 e. The number of aliphatic imine (C=N–C) groups is 1. The van der Waals surface area contributed by atoms with Crippen LogP contribution in [0.1, 0.15) is 102 Å². The fraction of sp³-hybridized carbons (Fsp3) is 0.630. The van der Waals surface area contributed by atoms with Crippen LogP contribution in [0.15, 0.2) is 29.3 Å². The van der Waals surface area contributed by atoms with Crippen molar-refractivity contribution >= 4 is 29.8 Å². The lowest BCUT2D eigenvalue weighted by molar-refractivity contribution is -0.235. The molecule has 0 N–H and O–H groups in total. The molecule has 1 aromatic rings. The Bertz CT molecular complexity index is 795. The normalized spacial score (nSPS) is 15.9. The molecule has 0 unspecified atom stereocenters. The highest BCUT2D eigenvalue weighted by Gasteiger charge is 2.42. The Morgan fingerprint density at radius 1 is 0.882 bits per heavy atom. The van der Waals surface area contributed by atoms with Gasteiger partial charge in [0, 0.05) is 20.1 Å². The van der Waals surface area contributed by atoms with E-state index in [9.17, 15) is 14.4 Å². The van der Waals surface area contributed by atoms with E-state index in [4.69, 9.17) is 14.2 Å². The van der Waals surface area contributed by atoms with Gasteiger partial charge in [-0.05, 0) is 30.7 Å². The summed E-state index contributed by atoms with van der Waals surface area (Å²) in [6.45, 7) is 5.64. The predicted molar refractivity (Wildman–Crippen MR) is 131 cm³/mol. The van der Waals surface area contributed by atoms with E-state index in [1.54, 1.807) is 24.3 Å². The zero-order valence-electron chi connectivity index (χ0n) is 20.8. The lowest BCUT2D eigenvalue weighted by Gasteiger charge is -2.31. The number of carbonyl (C=O) groups is 3. The van der Waals surface area contributed by atoms with Crippen molar-refractivity contribution in [3.05, 3.63) is 29.8 Å². The minimum atomic E-state index is -1.27. The van der Waals surface area contributed by atoms with Crippen LogP contribution < -0.4 is 0 Å². The monoisotopic (exact) mass is 473 g/mol. The molecule has 1 aliphatic heterocycles. The third-order valence-electron chi connectivity index (χ3n) is 5.66. The van der Waals surface area contributed by atoms with Gasteiger partial charge in [0.15, 0.2) is 5.92 Å². The number of esters is 3. The molecule has 0 aliphatic carbocycles. The van der Waals surface area contributed by atoms with Gasteiger partial charge in [0.05, 0.1) is 17.9 Å². The molecule has 0 saturated carbocycles. The molecule has 0 atom stereocenters. The summed E-state index contributed by atoms with van der Waals surface area (Å²) in [5.74, 6) is -4.25. The number of hydrogen-bond donors (Lipinski definition) is 0. The van der Waals surface area contributed by atoms with Crippen LogP contribution in [0.4, 0.5) is 5.69 Å². The molecule has 1 aliphatic rings. The van der Waals surface area contributed by atoms with Gasteiger partial charge in [0.2, 0.25) is 0 Å². The molecule has 0 bridgehead atoms. The maximum atomic E-state index is 12.2. The van der Waals surface area contributed by atoms with Crippen molar-refractivity contribution < 1.29 is 28.6 Å². The number of nitrogens with zero attached hydrogens (tertiary/aromatic N) is 1. The van der Waals surface area contributed by atoms with Crippen LogP contribution in [-0.4, -0.2) is 36.5 Å². The topological polar surface area (TPSA) is 91.3 Å². The molecular formula is C27H39NO6.